The van der Waals surface area contributed by atoms with Gasteiger partial charge in [-0.2, -0.15) is 0 Å². The van der Waals surface area contributed by atoms with Gasteiger partial charge in [0.1, 0.15) is 18.8 Å². The first-order valence-electron chi connectivity index (χ1n) is 9.21. The fourth-order valence-electron chi connectivity index (χ4n) is 3.13. The lowest BCUT2D eigenvalue weighted by atomic mass is 9.86. The van der Waals surface area contributed by atoms with Crippen molar-refractivity contribution >= 4 is 0 Å². The van der Waals surface area contributed by atoms with Crippen LogP contribution in [0.25, 0.3) is 0 Å². The molecule has 0 radical (unpaired) electrons. The maximum Gasteiger partial charge on any atom is 0.123 e. The van der Waals surface area contributed by atoms with Crippen LogP contribution in [-0.4, -0.2) is 39.5 Å². The van der Waals surface area contributed by atoms with Crippen molar-refractivity contribution in [2.45, 2.75) is 51.9 Å². The van der Waals surface area contributed by atoms with Crippen molar-refractivity contribution in [3.8, 4) is 5.75 Å². The highest BCUT2D eigenvalue weighted by Crippen LogP contribution is 2.30. The van der Waals surface area contributed by atoms with Gasteiger partial charge in [0.15, 0.2) is 0 Å². The fourth-order valence-corrected chi connectivity index (χ4v) is 3.13. The van der Waals surface area contributed by atoms with Crippen LogP contribution in [-0.2, 0) is 10.2 Å². The molecule has 1 fully saturated rings. The van der Waals surface area contributed by atoms with Crippen LogP contribution < -0.4 is 9.64 Å². The lowest BCUT2D eigenvalue weighted by molar-refractivity contribution is -0.908. The molecule has 2 rings (SSSR count). The fraction of sp³-hybridized carbons (Fsp3) is 0.700. The third kappa shape index (κ3) is 6.52. The Morgan fingerprint density at radius 3 is 2.43 bits per heavy atom. The average molecular weight is 320 g/mol. The second-order valence-corrected chi connectivity index (χ2v) is 7.62. The molecule has 1 saturated heterocycles. The summed E-state index contributed by atoms with van der Waals surface area (Å²) < 4.78 is 11.4. The van der Waals surface area contributed by atoms with Crippen LogP contribution >= 0.6 is 0 Å². The Hall–Kier alpha value is -1.06. The molecule has 3 heteroatoms. The van der Waals surface area contributed by atoms with E-state index in [4.69, 9.17) is 9.47 Å². The molecule has 1 N–H and O–H groups in total. The number of ether oxygens (including phenoxy) is 2. The molecule has 0 saturated carbocycles. The van der Waals surface area contributed by atoms with Crippen molar-refractivity contribution in [3.63, 3.8) is 0 Å². The quantitative estimate of drug-likeness (QED) is 0.744. The lowest BCUT2D eigenvalue weighted by Gasteiger charge is -2.23. The van der Waals surface area contributed by atoms with E-state index in [-0.39, 0.29) is 5.41 Å². The van der Waals surface area contributed by atoms with Crippen LogP contribution in [0, 0.1) is 0 Å². The summed E-state index contributed by atoms with van der Waals surface area (Å²) in [5, 5.41) is 0. The number of hydrogen-bond acceptors (Lipinski definition) is 2. The van der Waals surface area contributed by atoms with Crippen molar-refractivity contribution in [1.82, 2.24) is 0 Å². The molecule has 1 aliphatic rings. The maximum atomic E-state index is 6.04. The van der Waals surface area contributed by atoms with Gasteiger partial charge in [0.05, 0.1) is 26.4 Å². The summed E-state index contributed by atoms with van der Waals surface area (Å²) in [6.45, 7) is 13.1. The number of rotatable bonds is 8. The summed E-state index contributed by atoms with van der Waals surface area (Å²) in [6, 6.07) is 8.44. The van der Waals surface area contributed by atoms with Crippen molar-refractivity contribution in [3.05, 3.63) is 29.8 Å². The summed E-state index contributed by atoms with van der Waals surface area (Å²) in [4.78, 5) is 1.71. The second kappa shape index (κ2) is 9.29. The molecule has 0 amide bonds. The highest BCUT2D eigenvalue weighted by molar-refractivity contribution is 5.38. The number of quaternary nitrogens is 1. The van der Waals surface area contributed by atoms with Crippen molar-refractivity contribution in [2.24, 2.45) is 0 Å². The molecule has 3 nitrogen and oxygen atoms in total. The summed E-state index contributed by atoms with van der Waals surface area (Å²) in [5.74, 6) is 1.05. The Bertz CT molecular complexity index is 447. The summed E-state index contributed by atoms with van der Waals surface area (Å²) >= 11 is 0. The molecule has 0 aromatic heterocycles. The van der Waals surface area contributed by atoms with Gasteiger partial charge in [-0.25, -0.2) is 0 Å². The van der Waals surface area contributed by atoms with E-state index in [9.17, 15) is 0 Å². The SMILES string of the molecule is CC(C)(C)c1ccccc1OCCCCCC[NH+]1CCOCC1. The van der Waals surface area contributed by atoms with Gasteiger partial charge in [-0.1, -0.05) is 39.0 Å². The van der Waals surface area contributed by atoms with Crippen LogP contribution in [0.2, 0.25) is 0 Å². The smallest absolute Gasteiger partial charge is 0.123 e. The van der Waals surface area contributed by atoms with Crippen LogP contribution in [0.15, 0.2) is 24.3 Å². The molecular weight excluding hydrogens is 286 g/mol. The minimum atomic E-state index is 0.136. The molecule has 23 heavy (non-hydrogen) atoms. The lowest BCUT2D eigenvalue weighted by Crippen LogP contribution is -3.14. The van der Waals surface area contributed by atoms with Crippen LogP contribution in [0.4, 0.5) is 0 Å². The number of para-hydroxylation sites is 1. The Labute approximate surface area is 142 Å². The zero-order chi connectivity index (χ0) is 16.5. The van der Waals surface area contributed by atoms with Gasteiger partial charge < -0.3 is 14.4 Å². The number of benzene rings is 1. The molecule has 0 bridgehead atoms. The van der Waals surface area contributed by atoms with Crippen LogP contribution in [0.5, 0.6) is 5.75 Å². The predicted octanol–water partition coefficient (Wildman–Crippen LogP) is 2.84. The van der Waals surface area contributed by atoms with Gasteiger partial charge >= 0.3 is 0 Å². The summed E-state index contributed by atoms with van der Waals surface area (Å²) in [6.07, 6.45) is 5.06. The number of nitrogens with one attached hydrogen (secondary N) is 1. The van der Waals surface area contributed by atoms with Gasteiger partial charge in [-0.3, -0.25) is 0 Å². The number of unbranched alkanes of at least 4 members (excludes halogenated alkanes) is 3. The molecule has 1 heterocycles. The molecule has 1 aromatic carbocycles. The van der Waals surface area contributed by atoms with Gasteiger partial charge in [0, 0.05) is 0 Å². The average Bonchev–Trinajstić information content (AvgIpc) is 2.54. The molecule has 0 spiro atoms. The van der Waals surface area contributed by atoms with E-state index in [2.05, 4.69) is 45.0 Å². The molecule has 130 valence electrons. The molecule has 1 aliphatic heterocycles. The van der Waals surface area contributed by atoms with Crippen LogP contribution in [0.1, 0.15) is 52.0 Å². The third-order valence-corrected chi connectivity index (χ3v) is 4.58. The minimum absolute atomic E-state index is 0.136. The Morgan fingerprint density at radius 1 is 1.00 bits per heavy atom. The molecule has 0 unspecified atom stereocenters. The van der Waals surface area contributed by atoms with E-state index in [1.54, 1.807) is 4.90 Å². The van der Waals surface area contributed by atoms with Gasteiger partial charge in [0.2, 0.25) is 0 Å². The van der Waals surface area contributed by atoms with Gasteiger partial charge in [0.25, 0.3) is 0 Å². The molecular formula is C20H34NO2+. The van der Waals surface area contributed by atoms with E-state index in [0.29, 0.717) is 0 Å². The first-order chi connectivity index (χ1) is 11.1. The van der Waals surface area contributed by atoms with E-state index < -0.39 is 0 Å². The molecule has 0 atom stereocenters. The highest BCUT2D eigenvalue weighted by atomic mass is 16.5. The summed E-state index contributed by atoms with van der Waals surface area (Å²) in [5.41, 5.74) is 1.44. The Morgan fingerprint density at radius 2 is 1.70 bits per heavy atom. The highest BCUT2D eigenvalue weighted by Gasteiger charge is 2.18. The number of morpholine rings is 1. The van der Waals surface area contributed by atoms with E-state index in [0.717, 1.165) is 32.0 Å². The first-order valence-corrected chi connectivity index (χ1v) is 9.21. The maximum absolute atomic E-state index is 6.04. The molecule has 0 aliphatic carbocycles. The summed E-state index contributed by atoms with van der Waals surface area (Å²) in [7, 11) is 0. The van der Waals surface area contributed by atoms with Crippen molar-refractivity contribution in [1.29, 1.82) is 0 Å². The van der Waals surface area contributed by atoms with E-state index >= 15 is 0 Å². The third-order valence-electron chi connectivity index (χ3n) is 4.58. The second-order valence-electron chi connectivity index (χ2n) is 7.62. The minimum Gasteiger partial charge on any atom is -0.493 e. The topological polar surface area (TPSA) is 22.9 Å². The van der Waals surface area contributed by atoms with Crippen molar-refractivity contribution in [2.75, 3.05) is 39.5 Å². The molecule has 1 aromatic rings. The Balaban J connectivity index is 1.59. The zero-order valence-corrected chi connectivity index (χ0v) is 15.2. The predicted molar refractivity (Wildman–Crippen MR) is 95.5 cm³/mol. The standard InChI is InChI=1S/C20H33NO2/c1-20(2,3)18-10-6-7-11-19(18)23-15-9-5-4-8-12-21-13-16-22-17-14-21/h6-7,10-11H,4-5,8-9,12-17H2,1-3H3/p+1. The van der Waals surface area contributed by atoms with E-state index in [1.165, 1.54) is 44.5 Å². The van der Waals surface area contributed by atoms with Crippen LogP contribution in [0.3, 0.4) is 0 Å². The first kappa shape index (κ1) is 18.3. The van der Waals surface area contributed by atoms with Gasteiger partial charge in [-0.05, 0) is 42.7 Å². The Kier molecular flexibility index (Phi) is 7.38. The van der Waals surface area contributed by atoms with E-state index in [1.807, 2.05) is 0 Å². The zero-order valence-electron chi connectivity index (χ0n) is 15.2. The largest absolute Gasteiger partial charge is 0.493 e. The van der Waals surface area contributed by atoms with Crippen molar-refractivity contribution < 1.29 is 14.4 Å². The normalized spacial score (nSPS) is 16.5. The monoisotopic (exact) mass is 320 g/mol. The van der Waals surface area contributed by atoms with Gasteiger partial charge in [-0.15, -0.1) is 0 Å². The number of hydrogen-bond donors (Lipinski definition) is 1.